The molecule has 2 aromatic rings. The lowest BCUT2D eigenvalue weighted by atomic mass is 9.73. The van der Waals surface area contributed by atoms with Gasteiger partial charge in [-0.25, -0.2) is 4.79 Å². The zero-order chi connectivity index (χ0) is 20.5. The number of ketones is 1. The van der Waals surface area contributed by atoms with Crippen LogP contribution in [0.25, 0.3) is 0 Å². The van der Waals surface area contributed by atoms with Crippen LogP contribution in [0.3, 0.4) is 0 Å². The van der Waals surface area contributed by atoms with E-state index < -0.39 is 5.97 Å². The fourth-order valence-corrected chi connectivity index (χ4v) is 5.13. The average molecular weight is 410 g/mol. The third-order valence-corrected chi connectivity index (χ3v) is 6.56. The largest absolute Gasteiger partial charge is 0.497 e. The monoisotopic (exact) mass is 409 g/mol. The smallest absolute Gasteiger partial charge is 0.336 e. The molecular formula is C23H23NO4S. The summed E-state index contributed by atoms with van der Waals surface area (Å²) in [5, 5.41) is 5.31. The van der Waals surface area contributed by atoms with Gasteiger partial charge in [0, 0.05) is 28.3 Å². The maximum atomic E-state index is 13.3. The Morgan fingerprint density at radius 1 is 1.17 bits per heavy atom. The molecule has 29 heavy (non-hydrogen) atoms. The summed E-state index contributed by atoms with van der Waals surface area (Å²) in [6.45, 7) is 1.87. The van der Waals surface area contributed by atoms with Crippen molar-refractivity contribution in [1.29, 1.82) is 0 Å². The number of rotatable bonds is 4. The minimum absolute atomic E-state index is 0.0684. The Bertz CT molecular complexity index is 1020. The summed E-state index contributed by atoms with van der Waals surface area (Å²) >= 11 is 1.55. The van der Waals surface area contributed by atoms with Crippen LogP contribution in [-0.4, -0.2) is 26.0 Å². The molecule has 1 aliphatic carbocycles. The Morgan fingerprint density at radius 2 is 2.00 bits per heavy atom. The highest BCUT2D eigenvalue weighted by Crippen LogP contribution is 2.46. The summed E-state index contributed by atoms with van der Waals surface area (Å²) in [5.74, 6) is 0.145. The van der Waals surface area contributed by atoms with Crippen molar-refractivity contribution in [3.8, 4) is 5.75 Å². The van der Waals surface area contributed by atoms with E-state index in [-0.39, 0.29) is 17.6 Å². The number of ether oxygens (including phenoxy) is 2. The van der Waals surface area contributed by atoms with Gasteiger partial charge in [-0.05, 0) is 48.4 Å². The summed E-state index contributed by atoms with van der Waals surface area (Å²) < 4.78 is 10.4. The van der Waals surface area contributed by atoms with Crippen LogP contribution in [-0.2, 0) is 14.3 Å². The van der Waals surface area contributed by atoms with Crippen LogP contribution in [0.1, 0.15) is 42.0 Å². The molecule has 2 aliphatic rings. The first kappa shape index (κ1) is 19.5. The van der Waals surface area contributed by atoms with E-state index in [0.717, 1.165) is 27.6 Å². The van der Waals surface area contributed by atoms with Gasteiger partial charge in [0.25, 0.3) is 0 Å². The molecule has 0 saturated carbocycles. The first-order valence-electron chi connectivity index (χ1n) is 9.53. The summed E-state index contributed by atoms with van der Waals surface area (Å²) in [6, 6.07) is 11.8. The highest BCUT2D eigenvalue weighted by atomic mass is 32.1. The number of thiophene rings is 1. The van der Waals surface area contributed by atoms with E-state index in [2.05, 4.69) is 5.32 Å². The number of Topliss-reactive ketones (excluding diaryl/α,β-unsaturated/α-hetero) is 1. The topological polar surface area (TPSA) is 64.6 Å². The van der Waals surface area contributed by atoms with Crippen molar-refractivity contribution in [1.82, 2.24) is 5.32 Å². The number of allylic oxidation sites excluding steroid dienone is 3. The number of methoxy groups -OCH3 is 2. The number of benzene rings is 1. The quantitative estimate of drug-likeness (QED) is 0.763. The molecule has 6 heteroatoms. The molecule has 150 valence electrons. The van der Waals surface area contributed by atoms with Crippen molar-refractivity contribution in [2.45, 2.75) is 31.6 Å². The SMILES string of the molecule is COC(=O)C1=C(C)NC2=C(C(=O)C[C@H](c3cccc(OC)c3)C2)[C@@H]1c1cccs1. The number of hydrogen-bond donors (Lipinski definition) is 1. The Morgan fingerprint density at radius 3 is 2.69 bits per heavy atom. The average Bonchev–Trinajstić information content (AvgIpc) is 3.26. The summed E-state index contributed by atoms with van der Waals surface area (Å²) in [6.07, 6.45) is 1.12. The molecule has 1 aromatic carbocycles. The van der Waals surface area contributed by atoms with E-state index in [4.69, 9.17) is 9.47 Å². The molecule has 2 heterocycles. The van der Waals surface area contributed by atoms with Gasteiger partial charge < -0.3 is 14.8 Å². The fourth-order valence-electron chi connectivity index (χ4n) is 4.29. The Balaban J connectivity index is 1.76. The standard InChI is InChI=1S/C23H23NO4S/c1-13-20(23(26)28-3)22(19-8-5-9-29-19)21-17(24-13)11-15(12-18(21)25)14-6-4-7-16(10-14)27-2/h4-10,15,22,24H,11-12H2,1-3H3/t15-,22-/m1/s1. The fraction of sp³-hybridized carbons (Fsp3) is 0.304. The van der Waals surface area contributed by atoms with Crippen LogP contribution in [0.4, 0.5) is 0 Å². The predicted octanol–water partition coefficient (Wildman–Crippen LogP) is 4.29. The van der Waals surface area contributed by atoms with Crippen LogP contribution in [0.2, 0.25) is 0 Å². The minimum Gasteiger partial charge on any atom is -0.497 e. The first-order valence-corrected chi connectivity index (χ1v) is 10.4. The van der Waals surface area contributed by atoms with Crippen molar-refractivity contribution < 1.29 is 19.1 Å². The van der Waals surface area contributed by atoms with E-state index in [1.54, 1.807) is 18.4 Å². The number of carbonyl (C=O) groups excluding carboxylic acids is 2. The van der Waals surface area contributed by atoms with Gasteiger partial charge in [-0.15, -0.1) is 11.3 Å². The summed E-state index contributed by atoms with van der Waals surface area (Å²) in [4.78, 5) is 26.9. The molecule has 0 radical (unpaired) electrons. The first-order chi connectivity index (χ1) is 14.0. The lowest BCUT2D eigenvalue weighted by Gasteiger charge is -2.36. The van der Waals surface area contributed by atoms with Gasteiger partial charge in [-0.2, -0.15) is 0 Å². The third-order valence-electron chi connectivity index (χ3n) is 5.63. The van der Waals surface area contributed by atoms with Gasteiger partial charge in [0.1, 0.15) is 5.75 Å². The van der Waals surface area contributed by atoms with Crippen molar-refractivity contribution >= 4 is 23.1 Å². The molecule has 0 bridgehead atoms. The molecule has 1 aliphatic heterocycles. The Kier molecular flexibility index (Phi) is 5.28. The Labute approximate surface area is 174 Å². The van der Waals surface area contributed by atoms with Crippen LogP contribution in [0.5, 0.6) is 5.75 Å². The van der Waals surface area contributed by atoms with Gasteiger partial charge in [0.05, 0.1) is 25.7 Å². The Hall–Kier alpha value is -2.86. The molecule has 1 aromatic heterocycles. The highest BCUT2D eigenvalue weighted by molar-refractivity contribution is 7.10. The van der Waals surface area contributed by atoms with Gasteiger partial charge in [0.2, 0.25) is 0 Å². The van der Waals surface area contributed by atoms with E-state index in [0.29, 0.717) is 24.0 Å². The van der Waals surface area contributed by atoms with Crippen molar-refractivity contribution in [2.24, 2.45) is 0 Å². The molecule has 4 rings (SSSR count). The normalized spacial score (nSPS) is 21.6. The number of esters is 1. The van der Waals surface area contributed by atoms with Crippen molar-refractivity contribution in [3.05, 3.63) is 74.8 Å². The molecule has 0 fully saturated rings. The zero-order valence-corrected chi connectivity index (χ0v) is 17.5. The van der Waals surface area contributed by atoms with Crippen molar-refractivity contribution in [2.75, 3.05) is 14.2 Å². The molecule has 0 spiro atoms. The summed E-state index contributed by atoms with van der Waals surface area (Å²) in [5.41, 5.74) is 3.93. The maximum Gasteiger partial charge on any atom is 0.336 e. The minimum atomic E-state index is -0.400. The van der Waals surface area contributed by atoms with E-state index in [1.165, 1.54) is 7.11 Å². The molecule has 1 N–H and O–H groups in total. The van der Waals surface area contributed by atoms with Crippen LogP contribution < -0.4 is 10.1 Å². The van der Waals surface area contributed by atoms with Crippen LogP contribution in [0, 0.1) is 0 Å². The lowest BCUT2D eigenvalue weighted by Crippen LogP contribution is -2.35. The lowest BCUT2D eigenvalue weighted by molar-refractivity contribution is -0.136. The molecule has 0 saturated heterocycles. The second-order valence-electron chi connectivity index (χ2n) is 7.30. The number of carbonyl (C=O) groups is 2. The van der Waals surface area contributed by atoms with Gasteiger partial charge >= 0.3 is 5.97 Å². The molecular weight excluding hydrogens is 386 g/mol. The molecule has 0 unspecified atom stereocenters. The zero-order valence-electron chi connectivity index (χ0n) is 16.7. The van der Waals surface area contributed by atoms with Crippen LogP contribution >= 0.6 is 11.3 Å². The van der Waals surface area contributed by atoms with E-state index in [1.807, 2.05) is 48.7 Å². The second kappa shape index (κ2) is 7.87. The number of nitrogens with one attached hydrogen (secondary N) is 1. The van der Waals surface area contributed by atoms with Gasteiger partial charge in [-0.1, -0.05) is 18.2 Å². The molecule has 5 nitrogen and oxygen atoms in total. The number of hydrogen-bond acceptors (Lipinski definition) is 6. The van der Waals surface area contributed by atoms with Gasteiger partial charge in [-0.3, -0.25) is 4.79 Å². The van der Waals surface area contributed by atoms with E-state index >= 15 is 0 Å². The molecule has 2 atom stereocenters. The van der Waals surface area contributed by atoms with Crippen LogP contribution in [0.15, 0.2) is 64.3 Å². The summed E-state index contributed by atoms with van der Waals surface area (Å²) in [7, 11) is 3.02. The van der Waals surface area contributed by atoms with E-state index in [9.17, 15) is 9.59 Å². The predicted molar refractivity (Wildman–Crippen MR) is 112 cm³/mol. The van der Waals surface area contributed by atoms with Gasteiger partial charge in [0.15, 0.2) is 5.78 Å². The molecule has 0 amide bonds. The number of dihydropyridines is 1. The highest BCUT2D eigenvalue weighted by Gasteiger charge is 2.41. The van der Waals surface area contributed by atoms with Crippen molar-refractivity contribution in [3.63, 3.8) is 0 Å². The second-order valence-corrected chi connectivity index (χ2v) is 8.28. The maximum absolute atomic E-state index is 13.3. The third kappa shape index (κ3) is 3.49.